The number of nitrogens with one attached hydrogen (secondary N) is 2. The Morgan fingerprint density at radius 1 is 1.20 bits per heavy atom. The molecule has 4 N–H and O–H groups in total. The lowest BCUT2D eigenvalue weighted by Gasteiger charge is -2.18. The van der Waals surface area contributed by atoms with Crippen LogP contribution in [0, 0.1) is 6.92 Å². The molecule has 0 bridgehead atoms. The molecule has 6 nitrogen and oxygen atoms in total. The molecule has 0 aromatic heterocycles. The van der Waals surface area contributed by atoms with Crippen molar-refractivity contribution in [1.82, 2.24) is 10.6 Å². The second-order valence-corrected chi connectivity index (χ2v) is 4.88. The van der Waals surface area contributed by atoms with Gasteiger partial charge in [-0.15, -0.1) is 0 Å². The topological polar surface area (TPSA) is 98.7 Å². The van der Waals surface area contributed by atoms with Crippen LogP contribution in [0.4, 0.5) is 0 Å². The Balaban J connectivity index is 2.26. The molecule has 0 saturated heterocycles. The van der Waals surface area contributed by atoms with E-state index < -0.39 is 11.6 Å². The maximum atomic E-state index is 11.7. The SMILES string of the molecule is Cc1ccc(C(=O)NCCNCC(C)(O)C(=O)O)cc1. The van der Waals surface area contributed by atoms with Crippen molar-refractivity contribution >= 4 is 11.9 Å². The van der Waals surface area contributed by atoms with Gasteiger partial charge < -0.3 is 20.8 Å². The van der Waals surface area contributed by atoms with Crippen LogP contribution in [0.2, 0.25) is 0 Å². The first-order valence-electron chi connectivity index (χ1n) is 6.34. The number of amides is 1. The van der Waals surface area contributed by atoms with Crippen molar-refractivity contribution in [3.63, 3.8) is 0 Å². The van der Waals surface area contributed by atoms with Gasteiger partial charge >= 0.3 is 5.97 Å². The van der Waals surface area contributed by atoms with Crippen molar-refractivity contribution in [3.8, 4) is 0 Å². The summed E-state index contributed by atoms with van der Waals surface area (Å²) < 4.78 is 0. The molecule has 1 atom stereocenters. The van der Waals surface area contributed by atoms with Crippen LogP contribution in [-0.2, 0) is 4.79 Å². The Kier molecular flexibility index (Phi) is 5.66. The predicted octanol–water partition coefficient (Wildman–Crippen LogP) is 0.150. The average Bonchev–Trinajstić information content (AvgIpc) is 2.38. The number of aliphatic carboxylic acids is 1. The molecule has 0 heterocycles. The molecule has 1 unspecified atom stereocenters. The van der Waals surface area contributed by atoms with Crippen LogP contribution >= 0.6 is 0 Å². The second-order valence-electron chi connectivity index (χ2n) is 4.88. The van der Waals surface area contributed by atoms with E-state index in [0.29, 0.717) is 18.7 Å². The number of rotatable bonds is 7. The van der Waals surface area contributed by atoms with Gasteiger partial charge in [-0.2, -0.15) is 0 Å². The third-order valence-corrected chi connectivity index (χ3v) is 2.83. The molecule has 0 aliphatic carbocycles. The molecule has 6 heteroatoms. The number of aryl methyl sites for hydroxylation is 1. The fourth-order valence-electron chi connectivity index (χ4n) is 1.48. The predicted molar refractivity (Wildman–Crippen MR) is 74.6 cm³/mol. The van der Waals surface area contributed by atoms with Crippen LogP contribution in [0.15, 0.2) is 24.3 Å². The second kappa shape index (κ2) is 7.02. The number of carbonyl (C=O) groups is 2. The van der Waals surface area contributed by atoms with Crippen molar-refractivity contribution in [3.05, 3.63) is 35.4 Å². The van der Waals surface area contributed by atoms with Crippen molar-refractivity contribution in [2.24, 2.45) is 0 Å². The molecule has 1 aromatic rings. The van der Waals surface area contributed by atoms with Gasteiger partial charge in [-0.1, -0.05) is 17.7 Å². The summed E-state index contributed by atoms with van der Waals surface area (Å²) in [6.07, 6.45) is 0. The van der Waals surface area contributed by atoms with E-state index in [9.17, 15) is 14.7 Å². The Labute approximate surface area is 117 Å². The maximum Gasteiger partial charge on any atom is 0.336 e. The van der Waals surface area contributed by atoms with E-state index in [1.807, 2.05) is 19.1 Å². The zero-order valence-electron chi connectivity index (χ0n) is 11.6. The molecular weight excluding hydrogens is 260 g/mol. The minimum absolute atomic E-state index is 0.0806. The maximum absolute atomic E-state index is 11.7. The van der Waals surface area contributed by atoms with Crippen LogP contribution in [0.25, 0.3) is 0 Å². The van der Waals surface area contributed by atoms with Crippen LogP contribution in [0.3, 0.4) is 0 Å². The van der Waals surface area contributed by atoms with Gasteiger partial charge in [0.05, 0.1) is 0 Å². The van der Waals surface area contributed by atoms with Crippen molar-refractivity contribution < 1.29 is 19.8 Å². The third-order valence-electron chi connectivity index (χ3n) is 2.83. The molecule has 1 amide bonds. The minimum atomic E-state index is -1.80. The number of benzene rings is 1. The van der Waals surface area contributed by atoms with E-state index in [1.165, 1.54) is 6.92 Å². The molecule has 1 rings (SSSR count). The fraction of sp³-hybridized carbons (Fsp3) is 0.429. The summed E-state index contributed by atoms with van der Waals surface area (Å²) in [6, 6.07) is 7.20. The van der Waals surface area contributed by atoms with Gasteiger partial charge in [0.25, 0.3) is 5.91 Å². The number of carboxylic acid groups (broad SMARTS) is 1. The van der Waals surface area contributed by atoms with E-state index in [0.717, 1.165) is 5.56 Å². The molecule has 0 radical (unpaired) electrons. The summed E-state index contributed by atoms with van der Waals surface area (Å²) in [5.74, 6) is -1.47. The number of carbonyl (C=O) groups excluding carboxylic acids is 1. The van der Waals surface area contributed by atoms with E-state index >= 15 is 0 Å². The summed E-state index contributed by atoms with van der Waals surface area (Å²) >= 11 is 0. The molecular formula is C14H20N2O4. The molecule has 110 valence electrons. The molecule has 0 aliphatic rings. The van der Waals surface area contributed by atoms with Crippen LogP contribution < -0.4 is 10.6 Å². The first-order valence-corrected chi connectivity index (χ1v) is 6.34. The Hall–Kier alpha value is -1.92. The first kappa shape index (κ1) is 16.1. The van der Waals surface area contributed by atoms with Crippen molar-refractivity contribution in [2.75, 3.05) is 19.6 Å². The highest BCUT2D eigenvalue weighted by Crippen LogP contribution is 2.02. The van der Waals surface area contributed by atoms with Crippen molar-refractivity contribution in [1.29, 1.82) is 0 Å². The highest BCUT2D eigenvalue weighted by Gasteiger charge is 2.28. The summed E-state index contributed by atoms with van der Waals surface area (Å²) in [5.41, 5.74) is -0.145. The summed E-state index contributed by atoms with van der Waals surface area (Å²) in [5, 5.41) is 23.6. The standard InChI is InChI=1S/C14H20N2O4/c1-10-3-5-11(6-4-10)12(17)16-8-7-15-9-14(2,20)13(18)19/h3-6,15,20H,7-9H2,1-2H3,(H,16,17)(H,18,19). The van der Waals surface area contributed by atoms with E-state index in [1.54, 1.807) is 12.1 Å². The minimum Gasteiger partial charge on any atom is -0.479 e. The largest absolute Gasteiger partial charge is 0.479 e. The normalized spacial score (nSPS) is 13.6. The van der Waals surface area contributed by atoms with Crippen LogP contribution in [0.1, 0.15) is 22.8 Å². The smallest absolute Gasteiger partial charge is 0.336 e. The lowest BCUT2D eigenvalue weighted by molar-refractivity contribution is -0.156. The van der Waals surface area contributed by atoms with Crippen molar-refractivity contribution in [2.45, 2.75) is 19.4 Å². The van der Waals surface area contributed by atoms with E-state index in [-0.39, 0.29) is 12.5 Å². The molecule has 0 aliphatic heterocycles. The first-order chi connectivity index (χ1) is 9.33. The van der Waals surface area contributed by atoms with E-state index in [4.69, 9.17) is 5.11 Å². The van der Waals surface area contributed by atoms with Gasteiger partial charge in [0, 0.05) is 25.2 Å². The Morgan fingerprint density at radius 2 is 1.80 bits per heavy atom. The molecule has 0 fully saturated rings. The zero-order valence-corrected chi connectivity index (χ0v) is 11.6. The lowest BCUT2D eigenvalue weighted by Crippen LogP contribution is -2.46. The van der Waals surface area contributed by atoms with Gasteiger partial charge in [0.15, 0.2) is 5.60 Å². The molecule has 1 aromatic carbocycles. The lowest BCUT2D eigenvalue weighted by atomic mass is 10.1. The van der Waals surface area contributed by atoms with Gasteiger partial charge in [0.1, 0.15) is 0 Å². The van der Waals surface area contributed by atoms with Gasteiger partial charge in [-0.3, -0.25) is 4.79 Å². The van der Waals surface area contributed by atoms with Gasteiger partial charge in [-0.05, 0) is 26.0 Å². The Bertz CT molecular complexity index is 469. The van der Waals surface area contributed by atoms with Crippen LogP contribution in [0.5, 0.6) is 0 Å². The molecule has 0 saturated carbocycles. The Morgan fingerprint density at radius 3 is 2.35 bits per heavy atom. The number of aliphatic hydroxyl groups is 1. The summed E-state index contributed by atoms with van der Waals surface area (Å²) in [4.78, 5) is 22.4. The number of carboxylic acids is 1. The summed E-state index contributed by atoms with van der Waals surface area (Å²) in [7, 11) is 0. The third kappa shape index (κ3) is 4.99. The number of hydrogen-bond acceptors (Lipinski definition) is 4. The quantitative estimate of drug-likeness (QED) is 0.533. The van der Waals surface area contributed by atoms with Gasteiger partial charge in [0.2, 0.25) is 0 Å². The highest BCUT2D eigenvalue weighted by atomic mass is 16.4. The van der Waals surface area contributed by atoms with Crippen LogP contribution in [-0.4, -0.2) is 47.3 Å². The average molecular weight is 280 g/mol. The highest BCUT2D eigenvalue weighted by molar-refractivity contribution is 5.94. The fourth-order valence-corrected chi connectivity index (χ4v) is 1.48. The zero-order chi connectivity index (χ0) is 15.2. The van der Waals surface area contributed by atoms with Gasteiger partial charge in [-0.25, -0.2) is 4.79 Å². The van der Waals surface area contributed by atoms with E-state index in [2.05, 4.69) is 10.6 Å². The summed E-state index contributed by atoms with van der Waals surface area (Å²) in [6.45, 7) is 3.80. The monoisotopic (exact) mass is 280 g/mol. The molecule has 0 spiro atoms. The number of hydrogen-bond donors (Lipinski definition) is 4. The molecule has 20 heavy (non-hydrogen) atoms.